The maximum absolute atomic E-state index is 11.8. The minimum absolute atomic E-state index is 0.221. The van der Waals surface area contributed by atoms with Gasteiger partial charge in [0.15, 0.2) is 0 Å². The highest BCUT2D eigenvalue weighted by Crippen LogP contribution is 2.16. The van der Waals surface area contributed by atoms with Crippen LogP contribution in [0.5, 0.6) is 0 Å². The van der Waals surface area contributed by atoms with Crippen LogP contribution in [-0.4, -0.2) is 11.6 Å². The number of carbonyl (C=O) groups excluding carboxylic acids is 1. The first-order chi connectivity index (χ1) is 8.79. The topological polar surface area (TPSA) is 26.3 Å². The Bertz CT molecular complexity index is 486. The molecule has 0 bridgehead atoms. The molecule has 0 N–H and O–H groups in total. The van der Waals surface area contributed by atoms with Gasteiger partial charge < -0.3 is 4.74 Å². The van der Waals surface area contributed by atoms with Gasteiger partial charge >= 0.3 is 5.97 Å². The molecule has 0 amide bonds. The summed E-state index contributed by atoms with van der Waals surface area (Å²) >= 11 is 0. The van der Waals surface area contributed by atoms with Gasteiger partial charge in [-0.15, -0.1) is 5.73 Å². The molecular weight excluding hydrogens is 236 g/mol. The molecule has 2 nitrogen and oxygen atoms in total. The minimum Gasteiger partial charge on any atom is -0.456 e. The van der Waals surface area contributed by atoms with Gasteiger partial charge in [-0.1, -0.05) is 37.3 Å². The van der Waals surface area contributed by atoms with E-state index in [0.717, 1.165) is 0 Å². The Morgan fingerprint density at radius 3 is 2.37 bits per heavy atom. The molecule has 0 aliphatic rings. The van der Waals surface area contributed by atoms with Crippen LogP contribution in [0.1, 0.15) is 46.1 Å². The van der Waals surface area contributed by atoms with Crippen molar-refractivity contribution in [1.82, 2.24) is 0 Å². The summed E-state index contributed by atoms with van der Waals surface area (Å²) in [5.74, 6) is -0.0948. The molecule has 1 aromatic rings. The Balaban J connectivity index is 2.78. The van der Waals surface area contributed by atoms with Crippen LogP contribution in [0, 0.1) is 0 Å². The molecule has 102 valence electrons. The normalized spacial score (nSPS) is 12.3. The summed E-state index contributed by atoms with van der Waals surface area (Å²) in [6, 6.07) is 10.1. The summed E-state index contributed by atoms with van der Waals surface area (Å²) in [7, 11) is 0. The van der Waals surface area contributed by atoms with Gasteiger partial charge in [-0.3, -0.25) is 0 Å². The number of hydrogen-bond acceptors (Lipinski definition) is 2. The van der Waals surface area contributed by atoms with E-state index in [2.05, 4.69) is 24.8 Å². The third kappa shape index (κ3) is 5.58. The van der Waals surface area contributed by atoms with Crippen LogP contribution in [-0.2, 0) is 9.53 Å². The summed E-state index contributed by atoms with van der Waals surface area (Å²) in [5.41, 5.74) is 4.25. The van der Waals surface area contributed by atoms with Gasteiger partial charge in [0.05, 0.1) is 5.57 Å². The molecule has 1 aromatic carbocycles. The number of benzene rings is 1. The van der Waals surface area contributed by atoms with Crippen LogP contribution in [0.15, 0.2) is 47.7 Å². The molecule has 0 saturated heterocycles. The number of carbonyl (C=O) groups is 1. The zero-order chi connectivity index (χ0) is 14.5. The van der Waals surface area contributed by atoms with Crippen molar-refractivity contribution in [1.29, 1.82) is 0 Å². The first-order valence-corrected chi connectivity index (χ1v) is 6.51. The van der Waals surface area contributed by atoms with E-state index in [0.29, 0.717) is 5.57 Å². The molecule has 0 aliphatic carbocycles. The molecule has 0 radical (unpaired) electrons. The summed E-state index contributed by atoms with van der Waals surface area (Å²) in [6.07, 6.45) is 1.90. The smallest absolute Gasteiger partial charge is 0.342 e. The van der Waals surface area contributed by atoms with Gasteiger partial charge in [0, 0.05) is 5.92 Å². The summed E-state index contributed by atoms with van der Waals surface area (Å²) in [5, 5.41) is 0. The number of esters is 1. The Hall–Kier alpha value is -1.79. The van der Waals surface area contributed by atoms with Crippen molar-refractivity contribution in [3.63, 3.8) is 0 Å². The molecule has 0 heterocycles. The lowest BCUT2D eigenvalue weighted by molar-refractivity contribution is -0.149. The average Bonchev–Trinajstić information content (AvgIpc) is 2.34. The Kier molecular flexibility index (Phi) is 5.14. The second-order valence-corrected chi connectivity index (χ2v) is 5.64. The first kappa shape index (κ1) is 15.3. The molecule has 0 unspecified atom stereocenters. The fourth-order valence-electron chi connectivity index (χ4n) is 1.52. The summed E-state index contributed by atoms with van der Waals surface area (Å²) in [6.45, 7) is 9.37. The SMILES string of the molecule is CC(=C=C[C@H](C)c1ccccc1)C(=O)OC(C)(C)C. The highest BCUT2D eigenvalue weighted by Gasteiger charge is 2.17. The van der Waals surface area contributed by atoms with Crippen molar-refractivity contribution in [2.45, 2.75) is 46.1 Å². The van der Waals surface area contributed by atoms with E-state index in [9.17, 15) is 4.79 Å². The van der Waals surface area contributed by atoms with Crippen molar-refractivity contribution in [3.05, 3.63) is 53.3 Å². The summed E-state index contributed by atoms with van der Waals surface area (Å²) in [4.78, 5) is 11.8. The fourth-order valence-corrected chi connectivity index (χ4v) is 1.52. The van der Waals surface area contributed by atoms with Gasteiger partial charge in [-0.2, -0.15) is 0 Å². The fraction of sp³-hybridized carbons (Fsp3) is 0.412. The zero-order valence-corrected chi connectivity index (χ0v) is 12.4. The van der Waals surface area contributed by atoms with Gasteiger partial charge in [0.25, 0.3) is 0 Å². The Labute approximate surface area is 115 Å². The molecule has 0 fully saturated rings. The standard InChI is InChI=1S/C17H22O2/c1-13(15-9-7-6-8-10-15)11-12-14(2)16(18)19-17(3,4)5/h6-11,13H,1-5H3/t12?,13-/m0/s1. The molecule has 0 aromatic heterocycles. The van der Waals surface area contributed by atoms with E-state index < -0.39 is 5.60 Å². The highest BCUT2D eigenvalue weighted by molar-refractivity contribution is 5.87. The lowest BCUT2D eigenvalue weighted by Crippen LogP contribution is -2.24. The predicted octanol–water partition coefficient (Wildman–Crippen LogP) is 4.23. The Morgan fingerprint density at radius 1 is 1.26 bits per heavy atom. The maximum atomic E-state index is 11.8. The monoisotopic (exact) mass is 258 g/mol. The van der Waals surface area contributed by atoms with Crippen LogP contribution in [0.25, 0.3) is 0 Å². The van der Waals surface area contributed by atoms with E-state index in [1.165, 1.54) is 5.56 Å². The molecule has 0 aliphatic heterocycles. The molecule has 0 saturated carbocycles. The van der Waals surface area contributed by atoms with Gasteiger partial charge in [0.1, 0.15) is 5.60 Å². The van der Waals surface area contributed by atoms with Crippen molar-refractivity contribution >= 4 is 5.97 Å². The van der Waals surface area contributed by atoms with E-state index in [1.807, 2.05) is 45.0 Å². The second-order valence-electron chi connectivity index (χ2n) is 5.64. The first-order valence-electron chi connectivity index (χ1n) is 6.51. The van der Waals surface area contributed by atoms with E-state index in [4.69, 9.17) is 4.74 Å². The van der Waals surface area contributed by atoms with Gasteiger partial charge in [0.2, 0.25) is 0 Å². The number of hydrogen-bond donors (Lipinski definition) is 0. The maximum Gasteiger partial charge on any atom is 0.342 e. The van der Waals surface area contributed by atoms with Crippen LogP contribution >= 0.6 is 0 Å². The second kappa shape index (κ2) is 6.40. The van der Waals surface area contributed by atoms with Crippen LogP contribution in [0.4, 0.5) is 0 Å². The van der Waals surface area contributed by atoms with Crippen molar-refractivity contribution in [2.24, 2.45) is 0 Å². The predicted molar refractivity (Wildman–Crippen MR) is 78.0 cm³/mol. The quantitative estimate of drug-likeness (QED) is 0.460. The molecular formula is C17H22O2. The highest BCUT2D eigenvalue weighted by atomic mass is 16.6. The number of rotatable bonds is 3. The van der Waals surface area contributed by atoms with Crippen LogP contribution in [0.2, 0.25) is 0 Å². The Morgan fingerprint density at radius 2 is 1.84 bits per heavy atom. The third-order valence-electron chi connectivity index (χ3n) is 2.58. The van der Waals surface area contributed by atoms with Gasteiger partial charge in [-0.05, 0) is 39.3 Å². The van der Waals surface area contributed by atoms with Crippen molar-refractivity contribution in [2.75, 3.05) is 0 Å². The minimum atomic E-state index is -0.467. The molecule has 0 spiro atoms. The molecule has 1 rings (SSSR count). The van der Waals surface area contributed by atoms with Gasteiger partial charge in [-0.25, -0.2) is 4.79 Å². The van der Waals surface area contributed by atoms with E-state index >= 15 is 0 Å². The lowest BCUT2D eigenvalue weighted by Gasteiger charge is -2.19. The van der Waals surface area contributed by atoms with Crippen molar-refractivity contribution in [3.8, 4) is 0 Å². The molecule has 1 atom stereocenters. The largest absolute Gasteiger partial charge is 0.456 e. The van der Waals surface area contributed by atoms with Crippen LogP contribution in [0.3, 0.4) is 0 Å². The zero-order valence-electron chi connectivity index (χ0n) is 12.4. The summed E-state index contributed by atoms with van der Waals surface area (Å²) < 4.78 is 5.28. The molecule has 2 heteroatoms. The third-order valence-corrected chi connectivity index (χ3v) is 2.58. The van der Waals surface area contributed by atoms with E-state index in [-0.39, 0.29) is 11.9 Å². The lowest BCUT2D eigenvalue weighted by atomic mass is 10.0. The average molecular weight is 258 g/mol. The number of ether oxygens (including phenoxy) is 1. The van der Waals surface area contributed by atoms with E-state index in [1.54, 1.807) is 6.92 Å². The van der Waals surface area contributed by atoms with Crippen LogP contribution < -0.4 is 0 Å². The molecule has 19 heavy (non-hydrogen) atoms. The van der Waals surface area contributed by atoms with Crippen molar-refractivity contribution < 1.29 is 9.53 Å².